The number of hydrogen-bond acceptors (Lipinski definition) is 4. The number of carbonyl (C=O) groups excluding carboxylic acids is 2. The van der Waals surface area contributed by atoms with E-state index in [9.17, 15) is 9.59 Å². The molecule has 2 aromatic heterocycles. The van der Waals surface area contributed by atoms with Crippen LogP contribution in [0.15, 0.2) is 6.07 Å². The van der Waals surface area contributed by atoms with Gasteiger partial charge in [0.15, 0.2) is 5.65 Å². The minimum absolute atomic E-state index is 0.0321. The Hall–Kier alpha value is -2.44. The summed E-state index contributed by atoms with van der Waals surface area (Å²) in [4.78, 5) is 34.4. The maximum atomic E-state index is 13.1. The number of fused-ring (bicyclic) bond motifs is 1. The summed E-state index contributed by atoms with van der Waals surface area (Å²) in [7, 11) is 0. The van der Waals surface area contributed by atoms with Crippen LogP contribution in [0, 0.1) is 19.8 Å². The second-order valence-corrected chi connectivity index (χ2v) is 9.39. The van der Waals surface area contributed by atoms with E-state index in [0.717, 1.165) is 86.5 Å². The van der Waals surface area contributed by atoms with E-state index in [1.807, 2.05) is 27.3 Å². The van der Waals surface area contributed by atoms with Gasteiger partial charge in [-0.2, -0.15) is 5.10 Å². The molecule has 0 N–H and O–H groups in total. The molecule has 0 aliphatic carbocycles. The van der Waals surface area contributed by atoms with Crippen molar-refractivity contribution in [2.45, 2.75) is 85.1 Å². The van der Waals surface area contributed by atoms with Gasteiger partial charge in [-0.15, -0.1) is 0 Å². The second-order valence-electron chi connectivity index (χ2n) is 9.39. The highest BCUT2D eigenvalue weighted by Gasteiger charge is 2.34. The van der Waals surface area contributed by atoms with Gasteiger partial charge in [0, 0.05) is 49.4 Å². The number of amides is 2. The molecule has 2 amide bonds. The topological polar surface area (TPSA) is 70.8 Å². The molecule has 7 heteroatoms. The van der Waals surface area contributed by atoms with Crippen molar-refractivity contribution in [1.29, 1.82) is 0 Å². The number of likely N-dealkylation sites (tertiary alicyclic amines) is 2. The van der Waals surface area contributed by atoms with Gasteiger partial charge in [-0.05, 0) is 64.4 Å². The molecule has 1 unspecified atom stereocenters. The van der Waals surface area contributed by atoms with Crippen LogP contribution in [0.3, 0.4) is 0 Å². The lowest BCUT2D eigenvalue weighted by molar-refractivity contribution is -0.136. The number of hydrogen-bond donors (Lipinski definition) is 0. The lowest BCUT2D eigenvalue weighted by Gasteiger charge is -2.27. The predicted molar refractivity (Wildman–Crippen MR) is 124 cm³/mol. The van der Waals surface area contributed by atoms with Gasteiger partial charge in [0.05, 0.1) is 11.7 Å². The van der Waals surface area contributed by atoms with Crippen molar-refractivity contribution in [3.8, 4) is 0 Å². The fraction of sp³-hybridized carbons (Fsp3) is 0.680. The Kier molecular flexibility index (Phi) is 6.82. The maximum Gasteiger partial charge on any atom is 0.226 e. The quantitative estimate of drug-likeness (QED) is 0.654. The number of rotatable bonds is 7. The first-order chi connectivity index (χ1) is 15.4. The number of aryl methyl sites for hydroxylation is 2. The Bertz CT molecular complexity index is 988. The van der Waals surface area contributed by atoms with Crippen LogP contribution in [0.2, 0.25) is 0 Å². The summed E-state index contributed by atoms with van der Waals surface area (Å²) in [5, 5.41) is 4.91. The molecule has 2 aromatic rings. The van der Waals surface area contributed by atoms with Crippen LogP contribution >= 0.6 is 0 Å². The van der Waals surface area contributed by atoms with Gasteiger partial charge in [-0.25, -0.2) is 9.50 Å². The highest BCUT2D eigenvalue weighted by molar-refractivity contribution is 5.79. The lowest BCUT2D eigenvalue weighted by atomic mass is 10.0. The number of nitrogens with zero attached hydrogens (tertiary/aromatic N) is 5. The molecule has 0 spiro atoms. The molecule has 174 valence electrons. The zero-order valence-electron chi connectivity index (χ0n) is 20.1. The molecule has 4 heterocycles. The van der Waals surface area contributed by atoms with Crippen molar-refractivity contribution in [2.24, 2.45) is 5.92 Å². The van der Waals surface area contributed by atoms with Crippen LogP contribution in [0.1, 0.15) is 87.5 Å². The fourth-order valence-corrected chi connectivity index (χ4v) is 5.44. The van der Waals surface area contributed by atoms with Crippen molar-refractivity contribution in [3.05, 3.63) is 28.7 Å². The first kappa shape index (κ1) is 22.7. The van der Waals surface area contributed by atoms with Crippen molar-refractivity contribution < 1.29 is 9.59 Å². The van der Waals surface area contributed by atoms with Gasteiger partial charge in [0.2, 0.25) is 11.8 Å². The Morgan fingerprint density at radius 2 is 1.81 bits per heavy atom. The van der Waals surface area contributed by atoms with Gasteiger partial charge in [-0.3, -0.25) is 9.59 Å². The van der Waals surface area contributed by atoms with E-state index < -0.39 is 0 Å². The van der Waals surface area contributed by atoms with Crippen molar-refractivity contribution in [1.82, 2.24) is 24.4 Å². The van der Waals surface area contributed by atoms with E-state index in [4.69, 9.17) is 10.1 Å². The van der Waals surface area contributed by atoms with E-state index in [-0.39, 0.29) is 23.8 Å². The van der Waals surface area contributed by atoms with Gasteiger partial charge in [-0.1, -0.05) is 13.8 Å². The normalized spacial score (nSPS) is 19.0. The Morgan fingerprint density at radius 1 is 1.09 bits per heavy atom. The predicted octanol–water partition coefficient (Wildman–Crippen LogP) is 4.00. The summed E-state index contributed by atoms with van der Waals surface area (Å²) < 4.78 is 1.91. The third kappa shape index (κ3) is 4.26. The largest absolute Gasteiger partial charge is 0.343 e. The summed E-state index contributed by atoms with van der Waals surface area (Å²) >= 11 is 0. The van der Waals surface area contributed by atoms with Gasteiger partial charge >= 0.3 is 0 Å². The van der Waals surface area contributed by atoms with E-state index in [2.05, 4.69) is 20.8 Å². The molecule has 0 aromatic carbocycles. The standard InChI is InChI=1S/C25H37N5O2/c1-5-19(6-2)25(32)29-15-9-10-22(29)21-16-23-26-17(3)20(18(4)30(23)27-21)11-12-24(31)28-13-7-8-14-28/h16,19,22H,5-15H2,1-4H3. The van der Waals surface area contributed by atoms with Gasteiger partial charge in [0.1, 0.15) is 0 Å². The highest BCUT2D eigenvalue weighted by atomic mass is 16.2. The molecule has 1 atom stereocenters. The summed E-state index contributed by atoms with van der Waals surface area (Å²) in [6.07, 6.45) is 7.16. The number of aromatic nitrogens is 3. The zero-order chi connectivity index (χ0) is 22.8. The Labute approximate surface area is 191 Å². The monoisotopic (exact) mass is 439 g/mol. The number of carbonyl (C=O) groups is 2. The summed E-state index contributed by atoms with van der Waals surface area (Å²) in [6, 6.07) is 2.08. The average molecular weight is 440 g/mol. The summed E-state index contributed by atoms with van der Waals surface area (Å²) in [5.41, 5.74) is 4.88. The van der Waals surface area contributed by atoms with E-state index in [1.54, 1.807) is 0 Å². The molecule has 7 nitrogen and oxygen atoms in total. The smallest absolute Gasteiger partial charge is 0.226 e. The third-order valence-electron chi connectivity index (χ3n) is 7.44. The van der Waals surface area contributed by atoms with Crippen LogP contribution in [0.25, 0.3) is 5.65 Å². The Morgan fingerprint density at radius 3 is 2.50 bits per heavy atom. The van der Waals surface area contributed by atoms with Crippen molar-refractivity contribution in [2.75, 3.05) is 19.6 Å². The molecule has 2 fully saturated rings. The summed E-state index contributed by atoms with van der Waals surface area (Å²) in [5.74, 6) is 0.593. The zero-order valence-corrected chi connectivity index (χ0v) is 20.1. The van der Waals surface area contributed by atoms with Crippen LogP contribution in [0.5, 0.6) is 0 Å². The van der Waals surface area contributed by atoms with Crippen LogP contribution in [-0.4, -0.2) is 55.8 Å². The first-order valence-corrected chi connectivity index (χ1v) is 12.4. The van der Waals surface area contributed by atoms with Gasteiger partial charge in [0.25, 0.3) is 0 Å². The molecule has 32 heavy (non-hydrogen) atoms. The molecular formula is C25H37N5O2. The van der Waals surface area contributed by atoms with E-state index >= 15 is 0 Å². The Balaban J connectivity index is 1.56. The van der Waals surface area contributed by atoms with Crippen molar-refractivity contribution >= 4 is 17.5 Å². The molecule has 0 saturated carbocycles. The van der Waals surface area contributed by atoms with Crippen molar-refractivity contribution in [3.63, 3.8) is 0 Å². The molecule has 2 aliphatic heterocycles. The third-order valence-corrected chi connectivity index (χ3v) is 7.44. The van der Waals surface area contributed by atoms with Gasteiger partial charge < -0.3 is 9.80 Å². The lowest BCUT2D eigenvalue weighted by Crippen LogP contribution is -2.35. The SMILES string of the molecule is CCC(CC)C(=O)N1CCCC1c1cc2nc(C)c(CCC(=O)N3CCCC3)c(C)n2n1. The first-order valence-electron chi connectivity index (χ1n) is 12.4. The summed E-state index contributed by atoms with van der Waals surface area (Å²) in [6.45, 7) is 10.9. The minimum atomic E-state index is 0.0321. The molecule has 0 bridgehead atoms. The van der Waals surface area contributed by atoms with Crippen LogP contribution < -0.4 is 0 Å². The fourth-order valence-electron chi connectivity index (χ4n) is 5.44. The molecule has 0 radical (unpaired) electrons. The molecule has 2 saturated heterocycles. The average Bonchev–Trinajstić information content (AvgIpc) is 3.53. The van der Waals surface area contributed by atoms with Crippen LogP contribution in [0.4, 0.5) is 0 Å². The minimum Gasteiger partial charge on any atom is -0.343 e. The van der Waals surface area contributed by atoms with Crippen LogP contribution in [-0.2, 0) is 16.0 Å². The second kappa shape index (κ2) is 9.59. The molecule has 2 aliphatic rings. The maximum absolute atomic E-state index is 13.1. The molecular weight excluding hydrogens is 402 g/mol. The van der Waals surface area contributed by atoms with E-state index in [1.165, 1.54) is 0 Å². The highest BCUT2D eigenvalue weighted by Crippen LogP contribution is 2.34. The van der Waals surface area contributed by atoms with E-state index in [0.29, 0.717) is 12.8 Å². The molecule has 4 rings (SSSR count).